The Morgan fingerprint density at radius 3 is 0.953 bits per heavy atom. The number of aliphatic hydroxyl groups excluding tert-OH is 8. The zero-order valence-electron chi connectivity index (χ0n) is 97.2. The van der Waals surface area contributed by atoms with Gasteiger partial charge in [0.15, 0.2) is 0 Å². The van der Waals surface area contributed by atoms with Gasteiger partial charge in [0, 0.05) is 68.1 Å². The smallest absolute Gasteiger partial charge is 0.305 e. The van der Waals surface area contributed by atoms with E-state index >= 15 is 0 Å². The highest BCUT2D eigenvalue weighted by molar-refractivity contribution is 9.10. The molecule has 0 aromatic heterocycles. The fourth-order valence-corrected chi connectivity index (χ4v) is 45.3. The number of carboxylic acids is 1. The summed E-state index contributed by atoms with van der Waals surface area (Å²) in [6.45, 7) is 44.8. The van der Waals surface area contributed by atoms with Crippen LogP contribution in [-0.2, 0) is 57.3 Å². The zero-order chi connectivity index (χ0) is 109. The maximum absolute atomic E-state index is 13.9. The molecule has 0 spiro atoms. The summed E-state index contributed by atoms with van der Waals surface area (Å²) in [4.78, 5) is 98.8. The van der Waals surface area contributed by atoms with Crippen molar-refractivity contribution in [1.29, 1.82) is 0 Å². The van der Waals surface area contributed by atoms with Crippen molar-refractivity contribution in [3.05, 3.63) is 0 Å². The van der Waals surface area contributed by atoms with Crippen LogP contribution in [0.25, 0.3) is 0 Å². The molecule has 0 aliphatic heterocycles. The van der Waals surface area contributed by atoms with Gasteiger partial charge in [-0.3, -0.25) is 38.4 Å². The predicted octanol–water partition coefficient (Wildman–Crippen LogP) is 23.7. The van der Waals surface area contributed by atoms with Gasteiger partial charge in [-0.1, -0.05) is 160 Å². The molecule has 20 aliphatic carbocycles. The quantitative estimate of drug-likeness (QED) is 0.0310. The van der Waals surface area contributed by atoms with Crippen molar-refractivity contribution in [3.8, 4) is 0 Å². The molecule has 0 radical (unpaired) electrons. The van der Waals surface area contributed by atoms with E-state index in [1.54, 1.807) is 0 Å². The second kappa shape index (κ2) is 45.8. The molecule has 0 amide bonds. The van der Waals surface area contributed by atoms with Crippen LogP contribution in [0.2, 0.25) is 0 Å². The second-order valence-corrected chi connectivity index (χ2v) is 60.1. The van der Waals surface area contributed by atoms with Crippen molar-refractivity contribution in [1.82, 2.24) is 0 Å². The van der Waals surface area contributed by atoms with Crippen LogP contribution in [0.4, 0.5) is 0 Å². The topological polar surface area (TPSA) is 356 Å². The summed E-state index contributed by atoms with van der Waals surface area (Å²) in [6, 6.07) is 0. The Kier molecular flexibility index (Phi) is 36.3. The van der Waals surface area contributed by atoms with Crippen LogP contribution in [-0.4, -0.2) is 175 Å². The molecule has 0 bridgehead atoms. The van der Waals surface area contributed by atoms with Gasteiger partial charge < -0.3 is 64.9 Å². The van der Waals surface area contributed by atoms with Gasteiger partial charge in [-0.25, -0.2) is 0 Å². The number of rotatable bonds is 20. The van der Waals surface area contributed by atoms with Crippen molar-refractivity contribution < 1.29 is 103 Å². The first kappa shape index (κ1) is 119. The number of carbonyl (C=O) groups excluding carboxylic acids is 7. The molecule has 22 heteroatoms. The number of halogens is 1. The molecule has 53 atom stereocenters. The van der Waals surface area contributed by atoms with Crippen molar-refractivity contribution >= 4 is 63.1 Å². The van der Waals surface area contributed by atoms with Crippen molar-refractivity contribution in [3.63, 3.8) is 0 Å². The minimum Gasteiger partial charge on any atom is -0.481 e. The number of hydrogen-bond donors (Lipinski definition) is 9. The van der Waals surface area contributed by atoms with Crippen LogP contribution in [0.15, 0.2) is 0 Å². The molecule has 0 saturated heterocycles. The normalized spacial score (nSPS) is 50.5. The Hall–Kier alpha value is -3.48. The van der Waals surface area contributed by atoms with E-state index < -0.39 is 18.2 Å². The number of hydrogen-bond acceptors (Lipinski definition) is 20. The highest BCUT2D eigenvalue weighted by atomic mass is 79.9. The van der Waals surface area contributed by atoms with E-state index in [0.717, 1.165) is 166 Å². The molecular formula is C128H209BrO21. The number of alkyl halides is 1. The van der Waals surface area contributed by atoms with Gasteiger partial charge in [0.25, 0.3) is 0 Å². The minimum atomic E-state index is -0.748. The molecule has 0 unspecified atom stereocenters. The first-order valence-corrected chi connectivity index (χ1v) is 62.6. The van der Waals surface area contributed by atoms with Crippen LogP contribution in [0.1, 0.15) is 414 Å². The lowest BCUT2D eigenvalue weighted by Gasteiger charge is -2.63. The van der Waals surface area contributed by atoms with Crippen LogP contribution < -0.4 is 0 Å². The van der Waals surface area contributed by atoms with Gasteiger partial charge in [-0.15, -0.1) is 0 Å². The highest BCUT2D eigenvalue weighted by Gasteiger charge is 2.74. The fraction of sp³-hybridized carbons (Fsp3) is 0.938. The summed E-state index contributed by atoms with van der Waals surface area (Å²) in [5.41, 5.74) is 0.657. The highest BCUT2D eigenvalue weighted by Crippen LogP contribution is 2.77. The molecule has 854 valence electrons. The van der Waals surface area contributed by atoms with E-state index in [2.05, 4.69) is 147 Å². The maximum atomic E-state index is 13.9. The summed E-state index contributed by atoms with van der Waals surface area (Å²) in [5.74, 6) is 14.2. The second-order valence-electron chi connectivity index (χ2n) is 59.1. The third kappa shape index (κ3) is 20.8. The first-order chi connectivity index (χ1) is 70.5. The summed E-state index contributed by atoms with van der Waals surface area (Å²) < 4.78 is 19.4. The van der Waals surface area contributed by atoms with E-state index in [4.69, 9.17) is 24.1 Å². The standard InChI is InChI=1S/C27H43BrO3.C27H44O3.C25H42O5.C25H40O5.C24H40O5/c1-15-11-12-26(4)20-14-17(3)27(5)18(16(2)7-10-22(29)31-6)8-9-19(27)23(20)25(30)24(28)21(26)13-15;1-16-11-12-26(4)19(13-16)15-23(28)25-21-9-8-20(17(2)7-10-24(29)30-6)27(21,5)18(3)14-22(25)26;2*1-14(5-8-22(29)30-4)17-6-7-18-23-19(13-21(28)25(17,18)3)24(2)10-9-16(26)11-15(24)12-20(23)27;1-13(4-7-21(28)29)16-5-6-17-22-18(12-20(27)24(16,17)3)23(2)9-8-15(25)10-14(23)11-19(22)26/h15-21,23-24H,7-14H2,1-6H3;16-22,25H,7-15H2,1-6H3;14-21,23,26-28H,5-13H2,1-4H3;14-19,21,23,26,28H,5-13H2,1-4H3;13-20,22,25-27H,4-12H2,1-3H3,(H,28,29)/t15-,16-,17+,18-,19+,20+,21+,23+,24-,26-,27-;16-,17-,18+,19+,20-,21+,22+,25+,26+,27-;14-,15+,16-,17-,18+,19+,20-,21+,23+,24+,25-;14-,15+,16-,17-,18+,19+,21+,23+,24+,25-;13-,14+,15-,16-,17+,18+,19-,20+,22+,23+,24-/m11111/s1. The molecule has 20 fully saturated rings. The molecule has 20 aliphatic rings. The van der Waals surface area contributed by atoms with Crippen molar-refractivity contribution in [2.45, 2.75) is 468 Å². The van der Waals surface area contributed by atoms with Gasteiger partial charge >= 0.3 is 29.8 Å². The van der Waals surface area contributed by atoms with Gasteiger partial charge in [0.05, 0.1) is 82.1 Å². The Labute approximate surface area is 912 Å². The summed E-state index contributed by atoms with van der Waals surface area (Å²) in [7, 11) is 5.83. The number of methoxy groups -OCH3 is 4. The Morgan fingerprint density at radius 1 is 0.307 bits per heavy atom. The van der Waals surface area contributed by atoms with Crippen LogP contribution in [0, 0.1) is 255 Å². The molecule has 0 heterocycles. The van der Waals surface area contributed by atoms with E-state index in [9.17, 15) is 79.2 Å². The SMILES string of the molecule is COC(=O)CC[C@@H](C)[C@H]1CC[C@H]2[C@@H]3C(=O)C[C@@H]4C[C@H](C)CC[C@]4(C)[C@H]3C[C@H](C)[C@]12C.COC(=O)CC[C@@H](C)[C@H]1CC[C@H]2[C@@H]3C(=O)C[C@@H]4C[C@H](O)CC[C@]4(C)[C@H]3C[C@H](O)[C@]12C.COC(=O)CC[C@@H](C)[C@H]1CC[C@H]2[C@@H]3C(=O)[C@H](Br)[C@@H]4C[C@H](C)CC[C@]4(C)[C@H]3C[C@H](C)[C@]12C.COC(=O)CC[C@@H](C)[C@H]1CC[C@H]2[C@@H]3[C@H](O)C[C@@H]4C[C@H](O)CC[C@]4(C)[C@H]3C[C@H](O)[C@]12C.C[C@H](CCC(=O)O)[C@H]1CC[C@H]2[C@@H]3[C@H](O)C[C@@H]4C[C@H](O)CC[C@]4(C)[C@H]3C[C@H](O)[C@]12C. The summed E-state index contributed by atoms with van der Waals surface area (Å²) >= 11 is 3.94. The largest absolute Gasteiger partial charge is 0.481 e. The van der Waals surface area contributed by atoms with Gasteiger partial charge in [-0.2, -0.15) is 0 Å². The molecular weight excluding hydrogens is 1950 g/mol. The lowest BCUT2D eigenvalue weighted by molar-refractivity contribution is -0.207. The van der Waals surface area contributed by atoms with Crippen LogP contribution >= 0.6 is 15.9 Å². The Balaban J connectivity index is 0.000000133. The van der Waals surface area contributed by atoms with Crippen LogP contribution in [0.5, 0.6) is 0 Å². The van der Waals surface area contributed by atoms with E-state index in [0.29, 0.717) is 215 Å². The van der Waals surface area contributed by atoms with Gasteiger partial charge in [0.1, 0.15) is 17.3 Å². The third-order valence-corrected chi connectivity index (χ3v) is 54.5. The molecule has 150 heavy (non-hydrogen) atoms. The number of carboxylic acid groups (broad SMARTS) is 1. The lowest BCUT2D eigenvalue weighted by Crippen LogP contribution is -2.62. The zero-order valence-corrected chi connectivity index (χ0v) is 98.8. The monoisotopic (exact) mass is 2160 g/mol. The van der Waals surface area contributed by atoms with E-state index in [1.165, 1.54) is 105 Å². The molecule has 0 aromatic carbocycles. The maximum Gasteiger partial charge on any atom is 0.305 e. The number of Topliss-reactive ketones (excluding diaryl/α,β-unsaturated/α-hetero) is 3. The number of esters is 4. The Morgan fingerprint density at radius 2 is 0.587 bits per heavy atom. The van der Waals surface area contributed by atoms with Gasteiger partial charge in [0.2, 0.25) is 0 Å². The number of fused-ring (bicyclic) bond motifs is 25. The first-order valence-electron chi connectivity index (χ1n) is 61.7. The van der Waals surface area contributed by atoms with Crippen molar-refractivity contribution in [2.75, 3.05) is 28.4 Å². The molecule has 9 N–H and O–H groups in total. The Bertz CT molecular complexity index is 4600. The minimum absolute atomic E-state index is 0.0370. The summed E-state index contributed by atoms with van der Waals surface area (Å²) in [6.07, 6.45) is 37.5. The van der Waals surface area contributed by atoms with Gasteiger partial charge in [-0.05, 0) is 457 Å². The average molecular weight is 2160 g/mol. The van der Waals surface area contributed by atoms with Crippen molar-refractivity contribution in [2.24, 2.45) is 255 Å². The van der Waals surface area contributed by atoms with E-state index in [-0.39, 0.29) is 162 Å². The number of aliphatic hydroxyl groups is 8. The third-order valence-electron chi connectivity index (χ3n) is 53.4. The summed E-state index contributed by atoms with van der Waals surface area (Å²) in [5, 5.41) is 96.8. The number of carbonyl (C=O) groups is 8. The number of aliphatic carboxylic acids is 1. The molecule has 20 rings (SSSR count). The van der Waals surface area contributed by atoms with Crippen LogP contribution in [0.3, 0.4) is 0 Å². The molecule has 0 aromatic rings. The number of ether oxygens (including phenoxy) is 4. The average Bonchev–Trinajstić information content (AvgIpc) is 1.45. The predicted molar refractivity (Wildman–Crippen MR) is 585 cm³/mol. The van der Waals surface area contributed by atoms with E-state index in [1.807, 2.05) is 0 Å². The fourth-order valence-electron chi connectivity index (χ4n) is 44.2. The molecule has 21 nitrogen and oxygen atoms in total. The molecule has 20 saturated carbocycles. The number of ketones is 3. The lowest BCUT2D eigenvalue weighted by atomic mass is 9.41.